The van der Waals surface area contributed by atoms with Crippen LogP contribution < -0.4 is 20.6 Å². The first-order valence-corrected chi connectivity index (χ1v) is 15.2. The molecule has 1 fully saturated rings. The molecule has 1 aliphatic heterocycles. The van der Waals surface area contributed by atoms with Crippen LogP contribution in [0.1, 0.15) is 45.4 Å². The molecular weight excluding hydrogens is 569 g/mol. The lowest BCUT2D eigenvalue weighted by atomic mass is 9.96. The number of nitrogens with zero attached hydrogens (tertiary/aromatic N) is 4. The van der Waals surface area contributed by atoms with Gasteiger partial charge in [0.05, 0.1) is 20.0 Å². The van der Waals surface area contributed by atoms with Gasteiger partial charge in [0.25, 0.3) is 0 Å². The third kappa shape index (κ3) is 7.06. The highest BCUT2D eigenvalue weighted by molar-refractivity contribution is 7.54. The number of carbonyl (C=O) groups excluding carboxylic acids is 1. The van der Waals surface area contributed by atoms with Gasteiger partial charge < -0.3 is 34.7 Å². The largest absolute Gasteiger partial charge is 0.479 e. The predicted molar refractivity (Wildman–Crippen MR) is 152 cm³/mol. The van der Waals surface area contributed by atoms with Gasteiger partial charge in [0.2, 0.25) is 11.8 Å². The number of benzene rings is 1. The van der Waals surface area contributed by atoms with E-state index in [-0.39, 0.29) is 29.6 Å². The van der Waals surface area contributed by atoms with Crippen molar-refractivity contribution in [2.75, 3.05) is 26.0 Å². The molecule has 2 aromatic heterocycles. The molecule has 0 spiro atoms. The zero-order valence-electron chi connectivity index (χ0n) is 24.0. The summed E-state index contributed by atoms with van der Waals surface area (Å²) in [6, 6.07) is 8.19. The number of methoxy groups -OCH3 is 1. The number of rotatable bonds is 14. The molecule has 0 radical (unpaired) electrons. The van der Waals surface area contributed by atoms with Crippen LogP contribution in [0.5, 0.6) is 5.88 Å². The number of unbranched alkanes of at least 4 members (excludes halogenated alkanes) is 1. The number of ether oxygens (including phenoxy) is 3. The summed E-state index contributed by atoms with van der Waals surface area (Å²) in [5.41, 5.74) is 5.28. The maximum Gasteiger partial charge on any atom is 0.341 e. The molecule has 6 unspecified atom stereocenters. The molecule has 42 heavy (non-hydrogen) atoms. The van der Waals surface area contributed by atoms with Crippen LogP contribution in [-0.2, 0) is 30.0 Å². The molecule has 6 atom stereocenters. The fourth-order valence-corrected chi connectivity index (χ4v) is 6.15. The number of imidazole rings is 1. The summed E-state index contributed by atoms with van der Waals surface area (Å²) in [5.74, 6) is -0.569. The predicted octanol–water partition coefficient (Wildman–Crippen LogP) is 1.66. The Hall–Kier alpha value is -3.17. The van der Waals surface area contributed by atoms with Gasteiger partial charge in [-0.05, 0) is 25.8 Å². The van der Waals surface area contributed by atoms with E-state index in [4.69, 9.17) is 24.5 Å². The molecule has 0 aliphatic carbocycles. The zero-order chi connectivity index (χ0) is 30.5. The fourth-order valence-electron chi connectivity index (χ4n) is 4.47. The van der Waals surface area contributed by atoms with Crippen LogP contribution in [0.25, 0.3) is 11.2 Å². The molecular formula is C26H38N7O8P. The standard InChI is InChI=1S/C26H38N7O8P/c1-5-6-12-29-42(37,32-16(2)23(35)39-13-17-10-8-7-9-11-17)40-14-18-20(34)26(3,36)24(41-18)33-15-28-19-21(33)30-25(27)31-22(19)38-4/h7-11,15-16,18,20,24,34,36H,5-6,12-14H2,1-4H3,(H2,27,30,31)(H2,29,32,37). The van der Waals surface area contributed by atoms with Crippen molar-refractivity contribution < 1.29 is 38.3 Å². The van der Waals surface area contributed by atoms with Crippen molar-refractivity contribution in [1.29, 1.82) is 0 Å². The Morgan fingerprint density at radius 1 is 1.31 bits per heavy atom. The van der Waals surface area contributed by atoms with Crippen molar-refractivity contribution >= 4 is 30.8 Å². The van der Waals surface area contributed by atoms with Gasteiger partial charge in [-0.25, -0.2) is 15.2 Å². The SMILES string of the molecule is CCCCNP(=O)(NC(C)C(=O)OCc1ccccc1)OCC1OC(n2cnc3c(OC)nc(N)nc32)C(C)(O)C1O. The Morgan fingerprint density at radius 3 is 2.74 bits per heavy atom. The van der Waals surface area contributed by atoms with Crippen LogP contribution in [0.4, 0.5) is 5.95 Å². The topological polar surface area (TPSA) is 205 Å². The van der Waals surface area contributed by atoms with E-state index in [0.717, 1.165) is 12.0 Å². The summed E-state index contributed by atoms with van der Waals surface area (Å²) in [4.78, 5) is 25.1. The van der Waals surface area contributed by atoms with Crippen LogP contribution in [0, 0.1) is 0 Å². The fraction of sp³-hybridized carbons (Fsp3) is 0.538. The quantitative estimate of drug-likeness (QED) is 0.100. The molecule has 3 aromatic rings. The number of aliphatic hydroxyl groups is 2. The van der Waals surface area contributed by atoms with E-state index in [9.17, 15) is 19.6 Å². The summed E-state index contributed by atoms with van der Waals surface area (Å²) in [6.07, 6.45) is -0.863. The van der Waals surface area contributed by atoms with E-state index in [0.29, 0.717) is 13.0 Å². The number of nitrogens with two attached hydrogens (primary N) is 1. The van der Waals surface area contributed by atoms with E-state index in [2.05, 4.69) is 25.1 Å². The number of nitrogen functional groups attached to an aromatic ring is 1. The van der Waals surface area contributed by atoms with Crippen LogP contribution in [0.15, 0.2) is 36.7 Å². The van der Waals surface area contributed by atoms with Gasteiger partial charge in [0.1, 0.15) is 30.5 Å². The lowest BCUT2D eigenvalue weighted by Crippen LogP contribution is -2.44. The summed E-state index contributed by atoms with van der Waals surface area (Å²) in [5, 5.41) is 27.8. The van der Waals surface area contributed by atoms with Crippen molar-refractivity contribution in [3.05, 3.63) is 42.2 Å². The molecule has 4 rings (SSSR count). The van der Waals surface area contributed by atoms with Gasteiger partial charge in [0.15, 0.2) is 17.4 Å². The van der Waals surface area contributed by atoms with Crippen molar-refractivity contribution in [2.45, 2.75) is 70.3 Å². The van der Waals surface area contributed by atoms with Gasteiger partial charge in [0, 0.05) is 6.54 Å². The molecule has 3 heterocycles. The Labute approximate surface area is 243 Å². The van der Waals surface area contributed by atoms with Crippen molar-refractivity contribution in [3.8, 4) is 5.88 Å². The van der Waals surface area contributed by atoms with E-state index in [1.54, 1.807) is 0 Å². The Morgan fingerprint density at radius 2 is 2.05 bits per heavy atom. The van der Waals surface area contributed by atoms with Crippen molar-refractivity contribution in [3.63, 3.8) is 0 Å². The number of aliphatic hydroxyl groups excluding tert-OH is 1. The summed E-state index contributed by atoms with van der Waals surface area (Å²) in [7, 11) is -2.45. The first-order chi connectivity index (χ1) is 20.0. The molecule has 1 aliphatic rings. The molecule has 16 heteroatoms. The third-order valence-corrected chi connectivity index (χ3v) is 8.70. The Balaban J connectivity index is 1.46. The average molecular weight is 608 g/mol. The molecule has 0 bridgehead atoms. The monoisotopic (exact) mass is 607 g/mol. The summed E-state index contributed by atoms with van der Waals surface area (Å²) in [6.45, 7) is 4.88. The van der Waals surface area contributed by atoms with Gasteiger partial charge in [-0.1, -0.05) is 43.7 Å². The van der Waals surface area contributed by atoms with Gasteiger partial charge in [-0.15, -0.1) is 0 Å². The molecule has 230 valence electrons. The highest BCUT2D eigenvalue weighted by Crippen LogP contribution is 2.43. The normalized spacial score (nSPS) is 24.4. The second-order valence-electron chi connectivity index (χ2n) is 10.2. The first-order valence-electron chi connectivity index (χ1n) is 13.6. The lowest BCUT2D eigenvalue weighted by Gasteiger charge is -2.27. The minimum absolute atomic E-state index is 0.0596. The van der Waals surface area contributed by atoms with Crippen molar-refractivity contribution in [1.82, 2.24) is 29.7 Å². The maximum absolute atomic E-state index is 13.8. The molecule has 6 N–H and O–H groups in total. The van der Waals surface area contributed by atoms with E-state index in [1.807, 2.05) is 37.3 Å². The maximum atomic E-state index is 13.8. The minimum Gasteiger partial charge on any atom is -0.479 e. The Kier molecular flexibility index (Phi) is 10.1. The van der Waals surface area contributed by atoms with E-state index in [1.165, 1.54) is 31.9 Å². The molecule has 1 aromatic carbocycles. The molecule has 15 nitrogen and oxygen atoms in total. The van der Waals surface area contributed by atoms with Gasteiger partial charge in [-0.3, -0.25) is 13.9 Å². The van der Waals surface area contributed by atoms with Crippen molar-refractivity contribution in [2.24, 2.45) is 0 Å². The second-order valence-corrected chi connectivity index (χ2v) is 12.1. The van der Waals surface area contributed by atoms with Crippen LogP contribution in [-0.4, -0.2) is 79.8 Å². The van der Waals surface area contributed by atoms with Crippen LogP contribution >= 0.6 is 7.67 Å². The second kappa shape index (κ2) is 13.4. The highest BCUT2D eigenvalue weighted by Gasteiger charge is 2.54. The minimum atomic E-state index is -3.86. The smallest absolute Gasteiger partial charge is 0.341 e. The lowest BCUT2D eigenvalue weighted by molar-refractivity contribution is -0.146. The molecule has 0 saturated carbocycles. The number of hydrogen-bond acceptors (Lipinski definition) is 12. The van der Waals surface area contributed by atoms with Crippen LogP contribution in [0.3, 0.4) is 0 Å². The third-order valence-electron chi connectivity index (χ3n) is 6.82. The number of hydrogen-bond donors (Lipinski definition) is 5. The first kappa shape index (κ1) is 31.8. The number of esters is 1. The van der Waals surface area contributed by atoms with E-state index >= 15 is 0 Å². The number of aromatic nitrogens is 4. The number of anilines is 1. The average Bonchev–Trinajstić information content (AvgIpc) is 3.48. The van der Waals surface area contributed by atoms with Gasteiger partial charge >= 0.3 is 13.6 Å². The number of carbonyl (C=O) groups is 1. The number of nitrogens with one attached hydrogen (secondary N) is 2. The highest BCUT2D eigenvalue weighted by atomic mass is 31.2. The van der Waals surface area contributed by atoms with Crippen LogP contribution in [0.2, 0.25) is 0 Å². The zero-order valence-corrected chi connectivity index (χ0v) is 24.9. The molecule has 1 saturated heterocycles. The summed E-state index contributed by atoms with van der Waals surface area (Å²) < 4.78 is 37.5. The van der Waals surface area contributed by atoms with E-state index < -0.39 is 50.3 Å². The van der Waals surface area contributed by atoms with Gasteiger partial charge in [-0.2, -0.15) is 9.97 Å². The Bertz CT molecular complexity index is 1410. The number of fused-ring (bicyclic) bond motifs is 1. The molecule has 0 amide bonds. The summed E-state index contributed by atoms with van der Waals surface area (Å²) >= 11 is 0.